The number of Topliss-reactive ketones (excluding diaryl/α,β-unsaturated/α-hetero) is 1. The third-order valence-electron chi connectivity index (χ3n) is 3.04. The molecule has 114 valence electrons. The number of benzene rings is 1. The Morgan fingerprint density at radius 3 is 2.29 bits per heavy atom. The highest BCUT2D eigenvalue weighted by Crippen LogP contribution is 2.23. The molecular weight excluding hydrogens is 292 g/mol. The lowest BCUT2D eigenvalue weighted by Gasteiger charge is -2.22. The van der Waals surface area contributed by atoms with Gasteiger partial charge in [0, 0.05) is 30.0 Å². The Morgan fingerprint density at radius 1 is 1.19 bits per heavy atom. The maximum Gasteiger partial charge on any atom is 0.226 e. The molecule has 0 bridgehead atoms. The number of hydrogen-bond donors (Lipinski definition) is 2. The number of nitrogens with two attached hydrogens (primary N) is 1. The zero-order valence-corrected chi connectivity index (χ0v) is 12.9. The molecule has 0 saturated carbocycles. The molecule has 0 atom stereocenters. The van der Waals surface area contributed by atoms with E-state index in [1.807, 2.05) is 0 Å². The second-order valence-corrected chi connectivity index (χ2v) is 5.90. The highest BCUT2D eigenvalue weighted by Gasteiger charge is 2.30. The Kier molecular flexibility index (Phi) is 5.90. The molecule has 0 fully saturated rings. The fourth-order valence-electron chi connectivity index (χ4n) is 1.76. The number of rotatable bonds is 7. The van der Waals surface area contributed by atoms with Crippen LogP contribution in [0.3, 0.4) is 0 Å². The fourth-order valence-corrected chi connectivity index (χ4v) is 1.88. The Hall–Kier alpha value is -1.88. The van der Waals surface area contributed by atoms with Crippen molar-refractivity contribution in [3.63, 3.8) is 0 Å². The minimum atomic E-state index is -0.867. The van der Waals surface area contributed by atoms with Crippen LogP contribution >= 0.6 is 11.6 Å². The molecule has 0 aromatic heterocycles. The first kappa shape index (κ1) is 17.2. The van der Waals surface area contributed by atoms with Crippen LogP contribution in [-0.4, -0.2) is 24.1 Å². The van der Waals surface area contributed by atoms with Gasteiger partial charge in [-0.2, -0.15) is 0 Å². The summed E-state index contributed by atoms with van der Waals surface area (Å²) in [4.78, 5) is 34.8. The van der Waals surface area contributed by atoms with Crippen LogP contribution in [0.4, 0.5) is 0 Å². The van der Waals surface area contributed by atoms with Crippen molar-refractivity contribution in [3.05, 3.63) is 34.9 Å². The maximum absolute atomic E-state index is 12.2. The largest absolute Gasteiger partial charge is 0.370 e. The third-order valence-corrected chi connectivity index (χ3v) is 3.29. The van der Waals surface area contributed by atoms with Crippen molar-refractivity contribution in [1.82, 2.24) is 5.32 Å². The first-order valence-corrected chi connectivity index (χ1v) is 6.95. The van der Waals surface area contributed by atoms with Crippen molar-refractivity contribution in [2.45, 2.75) is 26.7 Å². The lowest BCUT2D eigenvalue weighted by atomic mass is 9.84. The van der Waals surface area contributed by atoms with Gasteiger partial charge in [0.2, 0.25) is 11.8 Å². The van der Waals surface area contributed by atoms with Crippen LogP contribution in [0.5, 0.6) is 0 Å². The number of amides is 2. The fraction of sp³-hybridized carbons (Fsp3) is 0.400. The highest BCUT2D eigenvalue weighted by molar-refractivity contribution is 6.30. The Morgan fingerprint density at radius 2 is 1.76 bits per heavy atom. The van der Waals surface area contributed by atoms with Gasteiger partial charge in [0.05, 0.1) is 5.41 Å². The van der Waals surface area contributed by atoms with E-state index in [2.05, 4.69) is 5.32 Å². The summed E-state index contributed by atoms with van der Waals surface area (Å²) in [5, 5.41) is 3.16. The smallest absolute Gasteiger partial charge is 0.226 e. The summed E-state index contributed by atoms with van der Waals surface area (Å²) >= 11 is 5.77. The average molecular weight is 311 g/mol. The molecule has 1 aromatic rings. The topological polar surface area (TPSA) is 89.3 Å². The molecule has 6 heteroatoms. The molecule has 0 aliphatic heterocycles. The van der Waals surface area contributed by atoms with Crippen molar-refractivity contribution in [2.75, 3.05) is 6.54 Å². The van der Waals surface area contributed by atoms with Crippen LogP contribution in [0.2, 0.25) is 5.02 Å². The average Bonchev–Trinajstić information content (AvgIpc) is 2.38. The molecule has 1 rings (SSSR count). The van der Waals surface area contributed by atoms with Gasteiger partial charge in [-0.25, -0.2) is 0 Å². The predicted molar refractivity (Wildman–Crippen MR) is 81.0 cm³/mol. The number of hydrogen-bond acceptors (Lipinski definition) is 3. The van der Waals surface area contributed by atoms with Gasteiger partial charge in [0.25, 0.3) is 0 Å². The van der Waals surface area contributed by atoms with Crippen molar-refractivity contribution < 1.29 is 14.4 Å². The number of primary amides is 1. The Labute approximate surface area is 128 Å². The number of nitrogens with one attached hydrogen (secondary N) is 1. The van der Waals surface area contributed by atoms with Gasteiger partial charge < -0.3 is 11.1 Å². The first-order valence-electron chi connectivity index (χ1n) is 6.58. The van der Waals surface area contributed by atoms with Gasteiger partial charge in [0.1, 0.15) is 0 Å². The van der Waals surface area contributed by atoms with Gasteiger partial charge in [-0.15, -0.1) is 0 Å². The van der Waals surface area contributed by atoms with E-state index in [1.54, 1.807) is 38.1 Å². The minimum absolute atomic E-state index is 0.0665. The minimum Gasteiger partial charge on any atom is -0.370 e. The summed E-state index contributed by atoms with van der Waals surface area (Å²) in [6.07, 6.45) is 0.143. The number of carbonyl (C=O) groups excluding carboxylic acids is 3. The summed E-state index contributed by atoms with van der Waals surface area (Å²) in [7, 11) is 0. The van der Waals surface area contributed by atoms with Crippen LogP contribution in [0.25, 0.3) is 0 Å². The van der Waals surface area contributed by atoms with Gasteiger partial charge >= 0.3 is 0 Å². The lowest BCUT2D eigenvalue weighted by Crippen LogP contribution is -2.39. The van der Waals surface area contributed by atoms with E-state index < -0.39 is 11.3 Å². The monoisotopic (exact) mass is 310 g/mol. The molecule has 2 amide bonds. The van der Waals surface area contributed by atoms with Crippen LogP contribution in [0, 0.1) is 5.41 Å². The van der Waals surface area contributed by atoms with E-state index >= 15 is 0 Å². The summed E-state index contributed by atoms with van der Waals surface area (Å²) in [5.74, 6) is -0.905. The first-order chi connectivity index (χ1) is 9.72. The second-order valence-electron chi connectivity index (χ2n) is 5.46. The van der Waals surface area contributed by atoms with Crippen molar-refractivity contribution in [1.29, 1.82) is 0 Å². The molecule has 5 nitrogen and oxygen atoms in total. The molecule has 0 heterocycles. The standard InChI is InChI=1S/C15H19ClN2O3/c1-15(2,14(21)18-8-7-13(17)20)9-12(19)10-3-5-11(16)6-4-10/h3-6H,7-9H2,1-2H3,(H2,17,20)(H,18,21). The summed E-state index contributed by atoms with van der Waals surface area (Å²) < 4.78 is 0. The van der Waals surface area contributed by atoms with E-state index in [-0.39, 0.29) is 31.1 Å². The van der Waals surface area contributed by atoms with Crippen LogP contribution < -0.4 is 11.1 Å². The molecule has 0 radical (unpaired) electrons. The van der Waals surface area contributed by atoms with Gasteiger partial charge in [-0.05, 0) is 24.3 Å². The third kappa shape index (κ3) is 5.55. The summed E-state index contributed by atoms with van der Waals surface area (Å²) in [6.45, 7) is 3.54. The van der Waals surface area contributed by atoms with E-state index in [0.29, 0.717) is 10.6 Å². The van der Waals surface area contributed by atoms with E-state index in [9.17, 15) is 14.4 Å². The van der Waals surface area contributed by atoms with Gasteiger partial charge in [0.15, 0.2) is 5.78 Å². The molecule has 0 aliphatic rings. The summed E-state index contributed by atoms with van der Waals surface area (Å²) in [5.41, 5.74) is 4.65. The maximum atomic E-state index is 12.2. The summed E-state index contributed by atoms with van der Waals surface area (Å²) in [6, 6.07) is 6.53. The molecule has 21 heavy (non-hydrogen) atoms. The van der Waals surface area contributed by atoms with E-state index in [1.165, 1.54) is 0 Å². The van der Waals surface area contributed by atoms with Gasteiger partial charge in [-0.1, -0.05) is 25.4 Å². The molecule has 1 aromatic carbocycles. The van der Waals surface area contributed by atoms with E-state index in [4.69, 9.17) is 17.3 Å². The molecule has 0 saturated heterocycles. The molecule has 0 aliphatic carbocycles. The Bertz CT molecular complexity index is 538. The van der Waals surface area contributed by atoms with Crippen molar-refractivity contribution in [2.24, 2.45) is 11.1 Å². The molecule has 0 spiro atoms. The van der Waals surface area contributed by atoms with Crippen LogP contribution in [0.1, 0.15) is 37.0 Å². The molecular formula is C15H19ClN2O3. The number of carbonyl (C=O) groups is 3. The normalized spacial score (nSPS) is 11.0. The zero-order chi connectivity index (χ0) is 16.0. The van der Waals surface area contributed by atoms with Crippen molar-refractivity contribution in [3.8, 4) is 0 Å². The van der Waals surface area contributed by atoms with Crippen molar-refractivity contribution >= 4 is 29.2 Å². The number of halogens is 1. The zero-order valence-electron chi connectivity index (χ0n) is 12.1. The van der Waals surface area contributed by atoms with Crippen LogP contribution in [-0.2, 0) is 9.59 Å². The Balaban J connectivity index is 2.61. The predicted octanol–water partition coefficient (Wildman–Crippen LogP) is 1.93. The SMILES string of the molecule is CC(C)(CC(=O)c1ccc(Cl)cc1)C(=O)NCCC(N)=O. The van der Waals surface area contributed by atoms with E-state index in [0.717, 1.165) is 0 Å². The van der Waals surface area contributed by atoms with Crippen LogP contribution in [0.15, 0.2) is 24.3 Å². The highest BCUT2D eigenvalue weighted by atomic mass is 35.5. The van der Waals surface area contributed by atoms with Gasteiger partial charge in [-0.3, -0.25) is 14.4 Å². The number of ketones is 1. The molecule has 3 N–H and O–H groups in total. The lowest BCUT2D eigenvalue weighted by molar-refractivity contribution is -0.129. The quantitative estimate of drug-likeness (QED) is 0.754. The molecule has 0 unspecified atom stereocenters. The second kappa shape index (κ2) is 7.22.